The van der Waals surface area contributed by atoms with Gasteiger partial charge in [-0.2, -0.15) is 0 Å². The summed E-state index contributed by atoms with van der Waals surface area (Å²) in [5, 5.41) is 0. The van der Waals surface area contributed by atoms with Gasteiger partial charge >= 0.3 is 0 Å². The van der Waals surface area contributed by atoms with Gasteiger partial charge in [0.25, 0.3) is 0 Å². The van der Waals surface area contributed by atoms with Gasteiger partial charge in [-0.1, -0.05) is 39.5 Å². The summed E-state index contributed by atoms with van der Waals surface area (Å²) < 4.78 is 0. The smallest absolute Gasteiger partial charge is 0 e. The normalized spacial score (nSPS) is 6.00. The first-order chi connectivity index (χ1) is 2.91. The van der Waals surface area contributed by atoms with Crippen LogP contribution in [0.5, 0.6) is 0 Å². The van der Waals surface area contributed by atoms with Gasteiger partial charge in [-0.05, 0) is 0 Å². The Balaban J connectivity index is -0.0000000417. The van der Waals surface area contributed by atoms with Crippen LogP contribution in [-0.2, 0) is 25.8 Å². The average molecular weight is 338 g/mol. The van der Waals surface area contributed by atoms with Gasteiger partial charge in [0.05, 0.1) is 0 Å². The summed E-state index contributed by atoms with van der Waals surface area (Å²) in [4.78, 5) is 0. The Labute approximate surface area is 89.8 Å². The van der Waals surface area contributed by atoms with E-state index >= 15 is 0 Å². The molecule has 0 nitrogen and oxygen atoms in total. The molecule has 9 heavy (non-hydrogen) atoms. The van der Waals surface area contributed by atoms with Crippen molar-refractivity contribution in [2.75, 3.05) is 0 Å². The maximum atomic E-state index is 2.23. The molecular formula is C6H16Cl2Hf. The van der Waals surface area contributed by atoms with Crippen LogP contribution in [0.3, 0.4) is 0 Å². The summed E-state index contributed by atoms with van der Waals surface area (Å²) in [6.45, 7) is 4.46. The van der Waals surface area contributed by atoms with Crippen LogP contribution >= 0.6 is 24.8 Å². The van der Waals surface area contributed by atoms with Gasteiger partial charge < -0.3 is 0 Å². The molecule has 0 atom stereocenters. The number of unbranched alkanes of at least 4 members (excludes halogenated alkanes) is 3. The summed E-state index contributed by atoms with van der Waals surface area (Å²) in [7, 11) is 0. The van der Waals surface area contributed by atoms with Crippen LogP contribution in [0.4, 0.5) is 0 Å². The zero-order chi connectivity index (χ0) is 4.83. The second kappa shape index (κ2) is 22.7. The molecule has 0 saturated heterocycles. The van der Waals surface area contributed by atoms with Gasteiger partial charge in [-0.15, -0.1) is 24.8 Å². The summed E-state index contributed by atoms with van der Waals surface area (Å²) in [5.74, 6) is 0. The molecule has 0 aliphatic heterocycles. The Bertz CT molecular complexity index is 23.0. The molecule has 0 unspecified atom stereocenters. The fourth-order valence-corrected chi connectivity index (χ4v) is 0.500. The van der Waals surface area contributed by atoms with Crippen LogP contribution in [0.15, 0.2) is 0 Å². The van der Waals surface area contributed by atoms with E-state index in [4.69, 9.17) is 0 Å². The van der Waals surface area contributed by atoms with E-state index in [0.29, 0.717) is 0 Å². The Morgan fingerprint density at radius 1 is 0.778 bits per heavy atom. The van der Waals surface area contributed by atoms with Crippen molar-refractivity contribution in [1.82, 2.24) is 0 Å². The monoisotopic (exact) mass is 338 g/mol. The quantitative estimate of drug-likeness (QED) is 0.547. The van der Waals surface area contributed by atoms with Crippen LogP contribution < -0.4 is 0 Å². The van der Waals surface area contributed by atoms with E-state index in [9.17, 15) is 0 Å². The summed E-state index contributed by atoms with van der Waals surface area (Å²) in [6, 6.07) is 0. The predicted octanol–water partition coefficient (Wildman–Crippen LogP) is 3.43. The molecule has 0 rings (SSSR count). The maximum Gasteiger partial charge on any atom is 0 e. The molecule has 0 N–H and O–H groups in total. The molecule has 0 fully saturated rings. The maximum absolute atomic E-state index is 2.23. The fraction of sp³-hybridized carbons (Fsp3) is 1.00. The minimum absolute atomic E-state index is 0. The van der Waals surface area contributed by atoms with Gasteiger partial charge in [0.1, 0.15) is 0 Å². The number of halogens is 2. The van der Waals surface area contributed by atoms with Gasteiger partial charge in [-0.25, -0.2) is 0 Å². The molecule has 0 radical (unpaired) electrons. The number of hydrogen-bond acceptors (Lipinski definition) is 0. The van der Waals surface area contributed by atoms with Crippen molar-refractivity contribution in [1.29, 1.82) is 0 Å². The molecule has 0 aliphatic carbocycles. The van der Waals surface area contributed by atoms with Crippen LogP contribution in [0.1, 0.15) is 39.5 Å². The van der Waals surface area contributed by atoms with Crippen molar-refractivity contribution in [2.24, 2.45) is 0 Å². The Morgan fingerprint density at radius 2 is 1.00 bits per heavy atom. The van der Waals surface area contributed by atoms with Crippen molar-refractivity contribution >= 4 is 24.8 Å². The third-order valence-corrected chi connectivity index (χ3v) is 0.957. The summed E-state index contributed by atoms with van der Waals surface area (Å²) in [5.41, 5.74) is 0. The van der Waals surface area contributed by atoms with Gasteiger partial charge in [-0.3, -0.25) is 0 Å². The minimum atomic E-state index is 0. The number of hydrogen-bond donors (Lipinski definition) is 0. The van der Waals surface area contributed by atoms with E-state index in [2.05, 4.69) is 13.8 Å². The van der Waals surface area contributed by atoms with Gasteiger partial charge in [0.2, 0.25) is 0 Å². The van der Waals surface area contributed by atoms with Crippen LogP contribution in [0.2, 0.25) is 0 Å². The SMILES string of the molecule is CCCCCC.Cl.Cl.[Hf]. The molecule has 0 saturated carbocycles. The second-order valence-corrected chi connectivity index (χ2v) is 1.71. The molecular weight excluding hydrogens is 321 g/mol. The molecule has 0 aliphatic rings. The van der Waals surface area contributed by atoms with Crippen molar-refractivity contribution in [2.45, 2.75) is 39.5 Å². The standard InChI is InChI=1S/C6H14.2ClH.Hf/c1-3-5-6-4-2;;;/h3-6H2,1-2H3;2*1H;. The predicted molar refractivity (Wildman–Crippen MR) is 44.3 cm³/mol. The van der Waals surface area contributed by atoms with E-state index in [1.165, 1.54) is 25.7 Å². The molecule has 0 amide bonds. The van der Waals surface area contributed by atoms with Gasteiger partial charge in [0, 0.05) is 25.8 Å². The second-order valence-electron chi connectivity index (χ2n) is 1.71. The van der Waals surface area contributed by atoms with Crippen LogP contribution in [-0.4, -0.2) is 0 Å². The molecule has 0 bridgehead atoms. The van der Waals surface area contributed by atoms with Gasteiger partial charge in [0.15, 0.2) is 0 Å². The van der Waals surface area contributed by atoms with Crippen molar-refractivity contribution in [3.8, 4) is 0 Å². The molecule has 3 heteroatoms. The molecule has 0 aromatic carbocycles. The molecule has 0 aromatic heterocycles. The van der Waals surface area contributed by atoms with E-state index in [0.717, 1.165) is 0 Å². The zero-order valence-corrected chi connectivity index (χ0v) is 11.4. The van der Waals surface area contributed by atoms with Crippen LogP contribution in [0.25, 0.3) is 0 Å². The zero-order valence-electron chi connectivity index (χ0n) is 6.14. The summed E-state index contributed by atoms with van der Waals surface area (Å²) >= 11 is 0. The van der Waals surface area contributed by atoms with E-state index < -0.39 is 0 Å². The first-order valence-corrected chi connectivity index (χ1v) is 2.91. The number of rotatable bonds is 3. The minimum Gasteiger partial charge on any atom is -0.147 e. The van der Waals surface area contributed by atoms with Crippen molar-refractivity contribution in [3.05, 3.63) is 0 Å². The first-order valence-electron chi connectivity index (χ1n) is 2.91. The van der Waals surface area contributed by atoms with Crippen LogP contribution in [0, 0.1) is 0 Å². The van der Waals surface area contributed by atoms with Crippen molar-refractivity contribution in [3.63, 3.8) is 0 Å². The molecule has 58 valence electrons. The largest absolute Gasteiger partial charge is 0.147 e. The van der Waals surface area contributed by atoms with Crippen molar-refractivity contribution < 1.29 is 25.8 Å². The molecule has 0 spiro atoms. The fourth-order valence-electron chi connectivity index (χ4n) is 0.500. The topological polar surface area (TPSA) is 0 Å². The summed E-state index contributed by atoms with van der Waals surface area (Å²) in [6.07, 6.45) is 5.54. The average Bonchev–Trinajstić information content (AvgIpc) is 1.61. The Kier molecular flexibility index (Phi) is 56.6. The Morgan fingerprint density at radius 3 is 1.11 bits per heavy atom. The van der Waals surface area contributed by atoms with E-state index in [1.807, 2.05) is 0 Å². The van der Waals surface area contributed by atoms with E-state index in [1.54, 1.807) is 0 Å². The first kappa shape index (κ1) is 22.4. The molecule has 0 aromatic rings. The third-order valence-electron chi connectivity index (χ3n) is 0.957. The molecule has 0 heterocycles. The van der Waals surface area contributed by atoms with E-state index in [-0.39, 0.29) is 50.7 Å². The third kappa shape index (κ3) is 26.5. The Hall–Kier alpha value is 1.45.